The van der Waals surface area contributed by atoms with Gasteiger partial charge in [-0.05, 0) is 31.2 Å². The molecule has 2 rings (SSSR count). The number of nitrogens with zero attached hydrogens (tertiary/aromatic N) is 1. The minimum Gasteiger partial charge on any atom is -0.497 e. The Labute approximate surface area is 147 Å². The zero-order chi connectivity index (χ0) is 18.1. The lowest BCUT2D eigenvalue weighted by Gasteiger charge is -2.20. The normalized spacial score (nSPS) is 10.0. The Morgan fingerprint density at radius 3 is 2.44 bits per heavy atom. The van der Waals surface area contributed by atoms with Gasteiger partial charge in [0.1, 0.15) is 11.5 Å². The van der Waals surface area contributed by atoms with Gasteiger partial charge in [0.25, 0.3) is 5.91 Å². The average molecular weight is 342 g/mol. The van der Waals surface area contributed by atoms with Gasteiger partial charge in [-0.1, -0.05) is 24.3 Å². The van der Waals surface area contributed by atoms with Crippen LogP contribution in [0, 0.1) is 0 Å². The minimum absolute atomic E-state index is 0.0370. The Hall–Kier alpha value is -3.02. The molecule has 2 amide bonds. The lowest BCUT2D eigenvalue weighted by Crippen LogP contribution is -2.40. The van der Waals surface area contributed by atoms with E-state index < -0.39 is 0 Å². The molecule has 0 saturated carbocycles. The van der Waals surface area contributed by atoms with Crippen LogP contribution in [0.4, 0.5) is 5.69 Å². The standard InChI is InChI=1S/C19H22N2O4/c1-3-21(19(23)14-25-16-9-5-4-6-10-16)13-18(22)20-15-8-7-11-17(12-15)24-2/h4-12H,3,13-14H2,1-2H3,(H,20,22). The third-order valence-corrected chi connectivity index (χ3v) is 3.53. The van der Waals surface area contributed by atoms with Crippen LogP contribution in [0.5, 0.6) is 11.5 Å². The number of hydrogen-bond acceptors (Lipinski definition) is 4. The molecule has 0 fully saturated rings. The van der Waals surface area contributed by atoms with Gasteiger partial charge in [0.15, 0.2) is 6.61 Å². The molecule has 0 aliphatic heterocycles. The van der Waals surface area contributed by atoms with Crippen LogP contribution in [-0.2, 0) is 9.59 Å². The first-order valence-corrected chi connectivity index (χ1v) is 8.02. The Morgan fingerprint density at radius 1 is 1.04 bits per heavy atom. The van der Waals surface area contributed by atoms with Crippen LogP contribution in [0.15, 0.2) is 54.6 Å². The Kier molecular flexibility index (Phi) is 6.83. The zero-order valence-corrected chi connectivity index (χ0v) is 14.4. The maximum atomic E-state index is 12.2. The van der Waals surface area contributed by atoms with Gasteiger partial charge in [-0.15, -0.1) is 0 Å². The predicted octanol–water partition coefficient (Wildman–Crippen LogP) is 2.56. The molecule has 0 aromatic heterocycles. The van der Waals surface area contributed by atoms with Crippen LogP contribution in [0.3, 0.4) is 0 Å². The molecule has 0 atom stereocenters. The molecule has 2 aromatic rings. The summed E-state index contributed by atoms with van der Waals surface area (Å²) in [6, 6.07) is 16.1. The number of para-hydroxylation sites is 1. The first kappa shape index (κ1) is 18.3. The summed E-state index contributed by atoms with van der Waals surface area (Å²) in [6.45, 7) is 2.09. The van der Waals surface area contributed by atoms with E-state index in [-0.39, 0.29) is 25.0 Å². The second-order valence-electron chi connectivity index (χ2n) is 5.29. The Morgan fingerprint density at radius 2 is 1.76 bits per heavy atom. The summed E-state index contributed by atoms with van der Waals surface area (Å²) in [5.41, 5.74) is 0.619. The third-order valence-electron chi connectivity index (χ3n) is 3.53. The summed E-state index contributed by atoms with van der Waals surface area (Å²) in [5, 5.41) is 2.76. The van der Waals surface area contributed by atoms with E-state index in [2.05, 4.69) is 5.32 Å². The van der Waals surface area contributed by atoms with E-state index in [0.29, 0.717) is 23.7 Å². The van der Waals surface area contributed by atoms with Crippen LogP contribution >= 0.6 is 0 Å². The molecule has 25 heavy (non-hydrogen) atoms. The van der Waals surface area contributed by atoms with E-state index in [1.54, 1.807) is 43.5 Å². The van der Waals surface area contributed by atoms with Crippen LogP contribution in [-0.4, -0.2) is 43.5 Å². The molecule has 0 saturated heterocycles. The van der Waals surface area contributed by atoms with E-state index >= 15 is 0 Å². The van der Waals surface area contributed by atoms with Gasteiger partial charge in [0, 0.05) is 18.3 Å². The van der Waals surface area contributed by atoms with E-state index in [0.717, 1.165) is 0 Å². The number of anilines is 1. The highest BCUT2D eigenvalue weighted by Gasteiger charge is 2.16. The fourth-order valence-electron chi connectivity index (χ4n) is 2.20. The fourth-order valence-corrected chi connectivity index (χ4v) is 2.20. The van der Waals surface area contributed by atoms with E-state index in [4.69, 9.17) is 9.47 Å². The van der Waals surface area contributed by atoms with Gasteiger partial charge in [-0.25, -0.2) is 0 Å². The van der Waals surface area contributed by atoms with Crippen LogP contribution < -0.4 is 14.8 Å². The van der Waals surface area contributed by atoms with Gasteiger partial charge >= 0.3 is 0 Å². The second-order valence-corrected chi connectivity index (χ2v) is 5.29. The number of likely N-dealkylation sites (N-methyl/N-ethyl adjacent to an activating group) is 1. The number of rotatable bonds is 8. The molecular weight excluding hydrogens is 320 g/mol. The highest BCUT2D eigenvalue weighted by atomic mass is 16.5. The summed E-state index contributed by atoms with van der Waals surface area (Å²) in [7, 11) is 1.56. The largest absolute Gasteiger partial charge is 0.497 e. The summed E-state index contributed by atoms with van der Waals surface area (Å²) < 4.78 is 10.6. The number of carbonyl (C=O) groups excluding carboxylic acids is 2. The van der Waals surface area contributed by atoms with Crippen LogP contribution in [0.1, 0.15) is 6.92 Å². The predicted molar refractivity (Wildman–Crippen MR) is 95.8 cm³/mol. The van der Waals surface area contributed by atoms with Crippen molar-refractivity contribution in [1.29, 1.82) is 0 Å². The number of benzene rings is 2. The third kappa shape index (κ3) is 5.84. The number of carbonyl (C=O) groups is 2. The molecule has 0 radical (unpaired) electrons. The van der Waals surface area contributed by atoms with Gasteiger partial charge < -0.3 is 19.7 Å². The van der Waals surface area contributed by atoms with Crippen molar-refractivity contribution in [1.82, 2.24) is 4.90 Å². The summed E-state index contributed by atoms with van der Waals surface area (Å²) in [5.74, 6) is 0.750. The molecule has 0 aliphatic rings. The molecule has 1 N–H and O–H groups in total. The topological polar surface area (TPSA) is 67.9 Å². The highest BCUT2D eigenvalue weighted by Crippen LogP contribution is 2.16. The molecule has 0 heterocycles. The number of nitrogens with one attached hydrogen (secondary N) is 1. The van der Waals surface area contributed by atoms with Gasteiger partial charge in [-0.2, -0.15) is 0 Å². The average Bonchev–Trinajstić information content (AvgIpc) is 2.65. The number of methoxy groups -OCH3 is 1. The number of hydrogen-bond donors (Lipinski definition) is 1. The fraction of sp³-hybridized carbons (Fsp3) is 0.263. The lowest BCUT2D eigenvalue weighted by molar-refractivity contribution is -0.136. The number of amides is 2. The molecule has 6 nitrogen and oxygen atoms in total. The second kappa shape index (κ2) is 9.32. The molecular formula is C19H22N2O4. The van der Waals surface area contributed by atoms with E-state index in [1.807, 2.05) is 25.1 Å². The monoisotopic (exact) mass is 342 g/mol. The van der Waals surface area contributed by atoms with Crippen molar-refractivity contribution in [3.63, 3.8) is 0 Å². The van der Waals surface area contributed by atoms with Crippen molar-refractivity contribution >= 4 is 17.5 Å². The van der Waals surface area contributed by atoms with E-state index in [1.165, 1.54) is 4.90 Å². The maximum absolute atomic E-state index is 12.2. The van der Waals surface area contributed by atoms with Crippen molar-refractivity contribution < 1.29 is 19.1 Å². The molecule has 132 valence electrons. The van der Waals surface area contributed by atoms with Crippen molar-refractivity contribution in [2.75, 3.05) is 32.1 Å². The van der Waals surface area contributed by atoms with Crippen LogP contribution in [0.25, 0.3) is 0 Å². The number of ether oxygens (including phenoxy) is 2. The Bertz CT molecular complexity index is 704. The molecule has 6 heteroatoms. The highest BCUT2D eigenvalue weighted by molar-refractivity contribution is 5.94. The lowest BCUT2D eigenvalue weighted by atomic mass is 10.3. The molecule has 0 bridgehead atoms. The van der Waals surface area contributed by atoms with Gasteiger partial charge in [0.2, 0.25) is 5.91 Å². The summed E-state index contributed by atoms with van der Waals surface area (Å²) in [4.78, 5) is 25.9. The smallest absolute Gasteiger partial charge is 0.260 e. The SMILES string of the molecule is CCN(CC(=O)Nc1cccc(OC)c1)C(=O)COc1ccccc1. The summed E-state index contributed by atoms with van der Waals surface area (Å²) >= 11 is 0. The van der Waals surface area contributed by atoms with Gasteiger partial charge in [-0.3, -0.25) is 9.59 Å². The zero-order valence-electron chi connectivity index (χ0n) is 14.4. The first-order chi connectivity index (χ1) is 12.1. The maximum Gasteiger partial charge on any atom is 0.260 e. The molecule has 0 aliphatic carbocycles. The minimum atomic E-state index is -0.275. The van der Waals surface area contributed by atoms with Crippen LogP contribution in [0.2, 0.25) is 0 Å². The van der Waals surface area contributed by atoms with Crippen molar-refractivity contribution in [3.8, 4) is 11.5 Å². The molecule has 2 aromatic carbocycles. The van der Waals surface area contributed by atoms with Crippen molar-refractivity contribution in [2.24, 2.45) is 0 Å². The van der Waals surface area contributed by atoms with Crippen molar-refractivity contribution in [2.45, 2.75) is 6.92 Å². The Balaban J connectivity index is 1.86. The van der Waals surface area contributed by atoms with Gasteiger partial charge in [0.05, 0.1) is 13.7 Å². The summed E-state index contributed by atoms with van der Waals surface area (Å²) in [6.07, 6.45) is 0. The van der Waals surface area contributed by atoms with E-state index in [9.17, 15) is 9.59 Å². The van der Waals surface area contributed by atoms with Crippen molar-refractivity contribution in [3.05, 3.63) is 54.6 Å². The molecule has 0 spiro atoms. The molecule has 0 unspecified atom stereocenters. The first-order valence-electron chi connectivity index (χ1n) is 8.02. The quantitative estimate of drug-likeness (QED) is 0.801.